The highest BCUT2D eigenvalue weighted by Gasteiger charge is 2.16. The van der Waals surface area contributed by atoms with Crippen molar-refractivity contribution in [3.63, 3.8) is 0 Å². The Labute approximate surface area is 155 Å². The molecule has 0 saturated carbocycles. The summed E-state index contributed by atoms with van der Waals surface area (Å²) in [5.41, 5.74) is 0.753. The summed E-state index contributed by atoms with van der Waals surface area (Å²) in [4.78, 5) is 23.6. The van der Waals surface area contributed by atoms with Gasteiger partial charge in [0.2, 0.25) is 11.8 Å². The molecule has 8 heteroatoms. The summed E-state index contributed by atoms with van der Waals surface area (Å²) in [6.45, 7) is 1.32. The molecule has 1 unspecified atom stereocenters. The van der Waals surface area contributed by atoms with Crippen LogP contribution < -0.4 is 16.0 Å². The second kappa shape index (κ2) is 10.9. The number of anilines is 1. The number of carbonyl (C=O) groups excluding carboxylic acids is 2. The zero-order valence-corrected chi connectivity index (χ0v) is 15.9. The second-order valence-corrected chi connectivity index (χ2v) is 7.15. The average molecular weight is 423 g/mol. The zero-order valence-electron chi connectivity index (χ0n) is 12.6. The standard InChI is InChI=1S/C15H20BrN3O2S.ClH/c16-11-1-3-12(4-2-11)19-14(20)5-6-18-15(21)9-13-10-22-8-7-17-13;/h1-4,13,17H,5-10H2,(H,18,21)(H,19,20);1H. The van der Waals surface area contributed by atoms with Crippen LogP contribution in [0.5, 0.6) is 0 Å². The smallest absolute Gasteiger partial charge is 0.226 e. The van der Waals surface area contributed by atoms with Gasteiger partial charge >= 0.3 is 0 Å². The van der Waals surface area contributed by atoms with Crippen LogP contribution in [0.1, 0.15) is 12.8 Å². The van der Waals surface area contributed by atoms with E-state index < -0.39 is 0 Å². The topological polar surface area (TPSA) is 70.2 Å². The third-order valence-electron chi connectivity index (χ3n) is 3.23. The van der Waals surface area contributed by atoms with Crippen LogP contribution in [0.25, 0.3) is 0 Å². The molecule has 0 aromatic heterocycles. The predicted molar refractivity (Wildman–Crippen MR) is 101 cm³/mol. The third kappa shape index (κ3) is 8.06. The Morgan fingerprint density at radius 3 is 2.65 bits per heavy atom. The van der Waals surface area contributed by atoms with Gasteiger partial charge in [-0.3, -0.25) is 9.59 Å². The third-order valence-corrected chi connectivity index (χ3v) is 4.89. The molecule has 5 nitrogen and oxygen atoms in total. The van der Waals surface area contributed by atoms with Crippen molar-refractivity contribution in [3.05, 3.63) is 28.7 Å². The summed E-state index contributed by atoms with van der Waals surface area (Å²) in [6, 6.07) is 7.63. The van der Waals surface area contributed by atoms with Crippen LogP contribution in [-0.2, 0) is 9.59 Å². The Balaban J connectivity index is 0.00000264. The van der Waals surface area contributed by atoms with Gasteiger partial charge < -0.3 is 16.0 Å². The van der Waals surface area contributed by atoms with E-state index in [1.807, 2.05) is 36.0 Å². The van der Waals surface area contributed by atoms with Crippen LogP contribution in [0, 0.1) is 0 Å². The average Bonchev–Trinajstić information content (AvgIpc) is 2.50. The Morgan fingerprint density at radius 1 is 1.26 bits per heavy atom. The van der Waals surface area contributed by atoms with E-state index >= 15 is 0 Å². The monoisotopic (exact) mass is 421 g/mol. The van der Waals surface area contributed by atoms with E-state index in [1.54, 1.807) is 0 Å². The number of amides is 2. The summed E-state index contributed by atoms with van der Waals surface area (Å²) in [7, 11) is 0. The summed E-state index contributed by atoms with van der Waals surface area (Å²) in [5.74, 6) is 1.97. The van der Waals surface area contributed by atoms with Gasteiger partial charge in [0.1, 0.15) is 0 Å². The molecule has 0 radical (unpaired) electrons. The lowest BCUT2D eigenvalue weighted by Crippen LogP contribution is -2.41. The van der Waals surface area contributed by atoms with E-state index in [0.717, 1.165) is 28.2 Å². The molecule has 1 fully saturated rings. The van der Waals surface area contributed by atoms with Crippen molar-refractivity contribution in [2.45, 2.75) is 18.9 Å². The van der Waals surface area contributed by atoms with Crippen LogP contribution in [0.3, 0.4) is 0 Å². The number of halogens is 2. The normalized spacial score (nSPS) is 17.0. The number of hydrogen-bond acceptors (Lipinski definition) is 4. The molecule has 2 rings (SSSR count). The van der Waals surface area contributed by atoms with E-state index in [9.17, 15) is 9.59 Å². The molecule has 3 N–H and O–H groups in total. The van der Waals surface area contributed by atoms with Crippen LogP contribution >= 0.6 is 40.1 Å². The highest BCUT2D eigenvalue weighted by molar-refractivity contribution is 9.10. The van der Waals surface area contributed by atoms with Crippen LogP contribution in [0.4, 0.5) is 5.69 Å². The molecule has 0 bridgehead atoms. The predicted octanol–water partition coefficient (Wildman–Crippen LogP) is 2.41. The Hall–Kier alpha value is -0.760. The van der Waals surface area contributed by atoms with E-state index in [4.69, 9.17) is 0 Å². The molecule has 23 heavy (non-hydrogen) atoms. The van der Waals surface area contributed by atoms with E-state index in [0.29, 0.717) is 13.0 Å². The van der Waals surface area contributed by atoms with Gasteiger partial charge in [0, 0.05) is 53.6 Å². The van der Waals surface area contributed by atoms with E-state index in [-0.39, 0.29) is 36.7 Å². The summed E-state index contributed by atoms with van der Waals surface area (Å²) >= 11 is 5.21. The number of hydrogen-bond donors (Lipinski definition) is 3. The molecule has 1 heterocycles. The van der Waals surface area contributed by atoms with Gasteiger partial charge in [0.05, 0.1) is 0 Å². The number of benzene rings is 1. The highest BCUT2D eigenvalue weighted by Crippen LogP contribution is 2.14. The molecule has 2 amide bonds. The van der Waals surface area contributed by atoms with Crippen molar-refractivity contribution >= 4 is 57.6 Å². The van der Waals surface area contributed by atoms with Crippen LogP contribution in [0.2, 0.25) is 0 Å². The van der Waals surface area contributed by atoms with Gasteiger partial charge in [0.25, 0.3) is 0 Å². The lowest BCUT2D eigenvalue weighted by Gasteiger charge is -2.22. The first-order valence-electron chi connectivity index (χ1n) is 7.27. The summed E-state index contributed by atoms with van der Waals surface area (Å²) in [6.07, 6.45) is 0.746. The molecule has 128 valence electrons. The van der Waals surface area contributed by atoms with Gasteiger partial charge in [-0.15, -0.1) is 12.4 Å². The highest BCUT2D eigenvalue weighted by atomic mass is 79.9. The quantitative estimate of drug-likeness (QED) is 0.658. The first-order valence-corrected chi connectivity index (χ1v) is 9.21. The summed E-state index contributed by atoms with van der Waals surface area (Å²) in [5, 5.41) is 8.92. The van der Waals surface area contributed by atoms with Gasteiger partial charge in [-0.05, 0) is 24.3 Å². The molecule has 1 aliphatic heterocycles. The number of carbonyl (C=O) groups is 2. The Kier molecular flexibility index (Phi) is 9.62. The number of thioether (sulfide) groups is 1. The lowest BCUT2D eigenvalue weighted by molar-refractivity contribution is -0.121. The Morgan fingerprint density at radius 2 is 2.00 bits per heavy atom. The van der Waals surface area contributed by atoms with Gasteiger partial charge in [-0.2, -0.15) is 11.8 Å². The maximum absolute atomic E-state index is 11.8. The van der Waals surface area contributed by atoms with Gasteiger partial charge in [0.15, 0.2) is 0 Å². The fourth-order valence-corrected chi connectivity index (χ4v) is 3.33. The maximum atomic E-state index is 11.8. The molecule has 1 aromatic rings. The minimum atomic E-state index is -0.103. The van der Waals surface area contributed by atoms with Crippen molar-refractivity contribution in [3.8, 4) is 0 Å². The molecular weight excluding hydrogens is 402 g/mol. The summed E-state index contributed by atoms with van der Waals surface area (Å²) < 4.78 is 0.965. The first-order chi connectivity index (χ1) is 10.6. The molecule has 0 spiro atoms. The van der Waals surface area contributed by atoms with Gasteiger partial charge in [-0.25, -0.2) is 0 Å². The van der Waals surface area contributed by atoms with Gasteiger partial charge in [-0.1, -0.05) is 15.9 Å². The largest absolute Gasteiger partial charge is 0.356 e. The van der Waals surface area contributed by atoms with E-state index in [1.165, 1.54) is 0 Å². The van der Waals surface area contributed by atoms with Crippen molar-refractivity contribution < 1.29 is 9.59 Å². The molecule has 1 saturated heterocycles. The van der Waals surface area contributed by atoms with Crippen LogP contribution in [-0.4, -0.2) is 42.5 Å². The van der Waals surface area contributed by atoms with Crippen molar-refractivity contribution in [2.75, 3.05) is 29.9 Å². The molecule has 1 aromatic carbocycles. The molecule has 1 atom stereocenters. The number of rotatable bonds is 6. The molecular formula is C15H21BrClN3O2S. The minimum Gasteiger partial charge on any atom is -0.356 e. The lowest BCUT2D eigenvalue weighted by atomic mass is 10.2. The van der Waals surface area contributed by atoms with Crippen molar-refractivity contribution in [1.29, 1.82) is 0 Å². The van der Waals surface area contributed by atoms with E-state index in [2.05, 4.69) is 31.9 Å². The van der Waals surface area contributed by atoms with Crippen molar-refractivity contribution in [2.24, 2.45) is 0 Å². The maximum Gasteiger partial charge on any atom is 0.226 e. The van der Waals surface area contributed by atoms with Crippen LogP contribution in [0.15, 0.2) is 28.7 Å². The van der Waals surface area contributed by atoms with Crippen molar-refractivity contribution in [1.82, 2.24) is 10.6 Å². The fourth-order valence-electron chi connectivity index (χ4n) is 2.12. The first kappa shape index (κ1) is 20.3. The molecule has 0 aliphatic carbocycles. The Bertz CT molecular complexity index is 510. The fraction of sp³-hybridized carbons (Fsp3) is 0.467. The second-order valence-electron chi connectivity index (χ2n) is 5.09. The number of nitrogens with one attached hydrogen (secondary N) is 3. The SMILES string of the molecule is Cl.O=C(CC1CSCCN1)NCCC(=O)Nc1ccc(Br)cc1. The molecule has 1 aliphatic rings. The zero-order chi connectivity index (χ0) is 15.8. The minimum absolute atomic E-state index is 0.